The second-order valence-corrected chi connectivity index (χ2v) is 7.48. The minimum Gasteiger partial charge on any atom is -0.450 e. The summed E-state index contributed by atoms with van der Waals surface area (Å²) in [5.74, 6) is -1.24. The molecule has 0 aliphatic carbocycles. The molecule has 35 heavy (non-hydrogen) atoms. The normalized spacial score (nSPS) is 11.2. The van der Waals surface area contributed by atoms with Gasteiger partial charge in [-0.15, -0.1) is 0 Å². The number of benzene rings is 1. The van der Waals surface area contributed by atoms with Gasteiger partial charge in [-0.3, -0.25) is 14.3 Å². The van der Waals surface area contributed by atoms with Crippen LogP contribution in [0.2, 0.25) is 5.02 Å². The predicted octanol–water partition coefficient (Wildman–Crippen LogP) is 3.22. The van der Waals surface area contributed by atoms with E-state index in [4.69, 9.17) is 16.3 Å². The van der Waals surface area contributed by atoms with Crippen LogP contribution in [0.1, 0.15) is 23.1 Å². The summed E-state index contributed by atoms with van der Waals surface area (Å²) in [5, 5.41) is 12.4. The van der Waals surface area contributed by atoms with E-state index in [0.29, 0.717) is 10.9 Å². The second kappa shape index (κ2) is 11.0. The average Bonchev–Trinajstić information content (AvgIpc) is 3.17. The molecule has 0 aliphatic heterocycles. The molecule has 3 amide bonds. The lowest BCUT2D eigenvalue weighted by Crippen LogP contribution is -2.36. The number of anilines is 1. The summed E-state index contributed by atoms with van der Waals surface area (Å²) in [5.41, 5.74) is -1.05. The van der Waals surface area contributed by atoms with Gasteiger partial charge in [-0.05, 0) is 31.2 Å². The standard InChI is InChI=1S/C21H20ClF3N6O4/c1-2-35-20(34)27-7-6-26-18(32)11-31-10-12-8-16(13(22)9-15(12)30-31)29-19(33)14-4-3-5-17(28-14)21(23,24)25/h3-5,8-10H,2,6-7,11H2,1H3,(H,26,32)(H,27,34)(H,29,33). The van der Waals surface area contributed by atoms with Gasteiger partial charge in [0.15, 0.2) is 0 Å². The number of carbonyl (C=O) groups excluding carboxylic acids is 3. The number of fused-ring (bicyclic) bond motifs is 1. The fraction of sp³-hybridized carbons (Fsp3) is 0.286. The van der Waals surface area contributed by atoms with E-state index in [-0.39, 0.29) is 42.9 Å². The van der Waals surface area contributed by atoms with E-state index in [1.54, 1.807) is 13.1 Å². The Hall–Kier alpha value is -3.87. The topological polar surface area (TPSA) is 127 Å². The minimum absolute atomic E-state index is 0.0950. The molecule has 10 nitrogen and oxygen atoms in total. The fourth-order valence-electron chi connectivity index (χ4n) is 2.93. The maximum absolute atomic E-state index is 12.9. The smallest absolute Gasteiger partial charge is 0.433 e. The molecule has 2 heterocycles. The lowest BCUT2D eigenvalue weighted by molar-refractivity contribution is -0.141. The van der Waals surface area contributed by atoms with E-state index >= 15 is 0 Å². The first-order chi connectivity index (χ1) is 16.6. The van der Waals surface area contributed by atoms with Crippen LogP contribution in [0.15, 0.2) is 36.5 Å². The number of halogens is 4. The molecule has 186 valence electrons. The molecule has 0 atom stereocenters. The van der Waals surface area contributed by atoms with Gasteiger partial charge in [0.2, 0.25) is 5.91 Å². The highest BCUT2D eigenvalue weighted by atomic mass is 35.5. The molecule has 0 fully saturated rings. The molecule has 0 spiro atoms. The Morgan fingerprint density at radius 1 is 1.14 bits per heavy atom. The van der Waals surface area contributed by atoms with Crippen LogP contribution in [-0.2, 0) is 22.3 Å². The molecule has 0 bridgehead atoms. The highest BCUT2D eigenvalue weighted by Gasteiger charge is 2.33. The number of ether oxygens (including phenoxy) is 1. The summed E-state index contributed by atoms with van der Waals surface area (Å²) in [6.07, 6.45) is -3.73. The van der Waals surface area contributed by atoms with Crippen molar-refractivity contribution in [2.24, 2.45) is 0 Å². The summed E-state index contributed by atoms with van der Waals surface area (Å²) in [4.78, 5) is 39.1. The zero-order valence-corrected chi connectivity index (χ0v) is 19.0. The van der Waals surface area contributed by atoms with Crippen LogP contribution in [0.5, 0.6) is 0 Å². The molecule has 3 rings (SSSR count). The second-order valence-electron chi connectivity index (χ2n) is 7.07. The molecule has 2 aromatic heterocycles. The highest BCUT2D eigenvalue weighted by molar-refractivity contribution is 6.34. The monoisotopic (exact) mass is 512 g/mol. The van der Waals surface area contributed by atoms with Crippen molar-refractivity contribution in [3.05, 3.63) is 52.9 Å². The summed E-state index contributed by atoms with van der Waals surface area (Å²) >= 11 is 6.20. The maximum Gasteiger partial charge on any atom is 0.433 e. The number of pyridine rings is 1. The third-order valence-corrected chi connectivity index (χ3v) is 4.77. The van der Waals surface area contributed by atoms with E-state index in [1.807, 2.05) is 0 Å². The molecular formula is C21H20ClF3N6O4. The van der Waals surface area contributed by atoms with Crippen molar-refractivity contribution >= 4 is 46.1 Å². The van der Waals surface area contributed by atoms with Gasteiger partial charge in [0.1, 0.15) is 17.9 Å². The molecule has 0 radical (unpaired) electrons. The summed E-state index contributed by atoms with van der Waals surface area (Å²) < 4.78 is 44.6. The van der Waals surface area contributed by atoms with Gasteiger partial charge in [0.25, 0.3) is 5.91 Å². The quantitative estimate of drug-likeness (QED) is 0.398. The van der Waals surface area contributed by atoms with Crippen molar-refractivity contribution in [2.45, 2.75) is 19.6 Å². The molecule has 3 aromatic rings. The summed E-state index contributed by atoms with van der Waals surface area (Å²) in [6.45, 7) is 2.16. The molecule has 0 unspecified atom stereocenters. The molecule has 1 aromatic carbocycles. The van der Waals surface area contributed by atoms with Gasteiger partial charge in [-0.25, -0.2) is 9.78 Å². The van der Waals surface area contributed by atoms with Crippen LogP contribution >= 0.6 is 11.6 Å². The number of aromatic nitrogens is 3. The number of hydrogen-bond acceptors (Lipinski definition) is 6. The molecule has 3 N–H and O–H groups in total. The first-order valence-corrected chi connectivity index (χ1v) is 10.6. The van der Waals surface area contributed by atoms with Gasteiger partial charge in [-0.2, -0.15) is 18.3 Å². The Kier molecular flexibility index (Phi) is 8.12. The van der Waals surface area contributed by atoms with Gasteiger partial charge < -0.3 is 20.7 Å². The zero-order chi connectivity index (χ0) is 25.6. The van der Waals surface area contributed by atoms with Crippen LogP contribution in [0, 0.1) is 0 Å². The lowest BCUT2D eigenvalue weighted by Gasteiger charge is -2.09. The number of hydrogen-bond donors (Lipinski definition) is 3. The SMILES string of the molecule is CCOC(=O)NCCNC(=O)Cn1cc2cc(NC(=O)c3cccc(C(F)(F)F)n3)c(Cl)cc2n1. The fourth-order valence-corrected chi connectivity index (χ4v) is 3.14. The lowest BCUT2D eigenvalue weighted by atomic mass is 10.2. The Labute approximate surface area is 201 Å². The van der Waals surface area contributed by atoms with Crippen LogP contribution in [0.25, 0.3) is 10.9 Å². The van der Waals surface area contributed by atoms with Gasteiger partial charge >= 0.3 is 12.3 Å². The van der Waals surface area contributed by atoms with E-state index < -0.39 is 29.6 Å². The average molecular weight is 513 g/mol. The summed E-state index contributed by atoms with van der Waals surface area (Å²) in [7, 11) is 0. The van der Waals surface area contributed by atoms with Crippen molar-refractivity contribution < 1.29 is 32.3 Å². The number of alkyl carbamates (subject to hydrolysis) is 1. The number of rotatable bonds is 8. The van der Waals surface area contributed by atoms with Gasteiger partial charge in [0, 0.05) is 24.7 Å². The predicted molar refractivity (Wildman–Crippen MR) is 120 cm³/mol. The third kappa shape index (κ3) is 7.06. The van der Waals surface area contributed by atoms with E-state index in [1.165, 1.54) is 16.8 Å². The van der Waals surface area contributed by atoms with Crippen LogP contribution in [-0.4, -0.2) is 52.4 Å². The van der Waals surface area contributed by atoms with Gasteiger partial charge in [0.05, 0.1) is 22.8 Å². The van der Waals surface area contributed by atoms with Crippen molar-refractivity contribution in [3.63, 3.8) is 0 Å². The van der Waals surface area contributed by atoms with Crippen molar-refractivity contribution in [1.82, 2.24) is 25.4 Å². The first kappa shape index (κ1) is 25.7. The Bertz CT molecular complexity index is 1250. The third-order valence-electron chi connectivity index (χ3n) is 4.46. The minimum atomic E-state index is -4.69. The zero-order valence-electron chi connectivity index (χ0n) is 18.3. The molecule has 14 heteroatoms. The molecular weight excluding hydrogens is 493 g/mol. The number of nitrogens with one attached hydrogen (secondary N) is 3. The number of alkyl halides is 3. The largest absolute Gasteiger partial charge is 0.450 e. The molecule has 0 aliphatic rings. The summed E-state index contributed by atoms with van der Waals surface area (Å²) in [6, 6.07) is 5.92. The van der Waals surface area contributed by atoms with Crippen molar-refractivity contribution in [1.29, 1.82) is 0 Å². The maximum atomic E-state index is 12.9. The van der Waals surface area contributed by atoms with Gasteiger partial charge in [-0.1, -0.05) is 17.7 Å². The van der Waals surface area contributed by atoms with Crippen LogP contribution < -0.4 is 16.0 Å². The Morgan fingerprint density at radius 3 is 2.60 bits per heavy atom. The van der Waals surface area contributed by atoms with E-state index in [9.17, 15) is 27.6 Å². The van der Waals surface area contributed by atoms with Crippen LogP contribution in [0.4, 0.5) is 23.7 Å². The Balaban J connectivity index is 1.64. The van der Waals surface area contributed by atoms with Crippen molar-refractivity contribution in [2.75, 3.05) is 25.0 Å². The molecule has 0 saturated carbocycles. The number of amides is 3. The molecule has 0 saturated heterocycles. The Morgan fingerprint density at radius 2 is 1.89 bits per heavy atom. The van der Waals surface area contributed by atoms with Crippen molar-refractivity contribution in [3.8, 4) is 0 Å². The van der Waals surface area contributed by atoms with E-state index in [0.717, 1.165) is 18.2 Å². The number of carbonyl (C=O) groups is 3. The highest BCUT2D eigenvalue weighted by Crippen LogP contribution is 2.29. The first-order valence-electron chi connectivity index (χ1n) is 10.3. The number of nitrogens with zero attached hydrogens (tertiary/aromatic N) is 3. The van der Waals surface area contributed by atoms with Crippen LogP contribution in [0.3, 0.4) is 0 Å². The van der Waals surface area contributed by atoms with E-state index in [2.05, 4.69) is 26.0 Å².